The van der Waals surface area contributed by atoms with Crippen LogP contribution in [0.3, 0.4) is 0 Å². The van der Waals surface area contributed by atoms with E-state index >= 15 is 0 Å². The molecule has 0 atom stereocenters. The number of fused-ring (bicyclic) bond motifs is 1. The van der Waals surface area contributed by atoms with Crippen LogP contribution in [0.4, 0.5) is 5.00 Å². The molecule has 0 spiro atoms. The third kappa shape index (κ3) is 2.78. The van der Waals surface area contributed by atoms with E-state index in [1.165, 1.54) is 23.7 Å². The van der Waals surface area contributed by atoms with Crippen LogP contribution in [0.15, 0.2) is 12.4 Å². The van der Waals surface area contributed by atoms with E-state index in [9.17, 15) is 20.0 Å². The molecule has 0 fully saturated rings. The van der Waals surface area contributed by atoms with E-state index in [-0.39, 0.29) is 5.69 Å². The maximum absolute atomic E-state index is 12.3. The first kappa shape index (κ1) is 15.1. The van der Waals surface area contributed by atoms with Crippen LogP contribution in [0.5, 0.6) is 0 Å². The van der Waals surface area contributed by atoms with Crippen molar-refractivity contribution in [3.05, 3.63) is 39.8 Å². The Hall–Kier alpha value is -2.79. The minimum absolute atomic E-state index is 0.331. The van der Waals surface area contributed by atoms with Crippen LogP contribution >= 0.6 is 11.3 Å². The number of carbonyl (C=O) groups excluding carboxylic acids is 2. The van der Waals surface area contributed by atoms with Crippen molar-refractivity contribution in [2.24, 2.45) is 0 Å². The Labute approximate surface area is 135 Å². The fraction of sp³-hybridized carbons (Fsp3) is 0.267. The Bertz CT molecular complexity index is 838. The van der Waals surface area contributed by atoms with Crippen LogP contribution < -0.4 is 10.4 Å². The van der Waals surface area contributed by atoms with Crippen molar-refractivity contribution in [2.75, 3.05) is 5.32 Å². The molecule has 1 aliphatic rings. The third-order valence-corrected chi connectivity index (χ3v) is 4.82. The lowest BCUT2D eigenvalue weighted by molar-refractivity contribution is -0.255. The highest BCUT2D eigenvalue weighted by Gasteiger charge is 2.23. The van der Waals surface area contributed by atoms with Crippen molar-refractivity contribution < 1.29 is 14.7 Å². The summed E-state index contributed by atoms with van der Waals surface area (Å²) in [5, 5.41) is 23.4. The number of aryl methyl sites for hydroxylation is 1. The van der Waals surface area contributed by atoms with Crippen LogP contribution in [0, 0.1) is 11.3 Å². The van der Waals surface area contributed by atoms with E-state index in [0.717, 1.165) is 36.1 Å². The SMILES string of the molecule is N#Cc1c(NC(=O)c2nccnc2C(=O)[O-])sc2c1CCCC2. The number of aromatic carboxylic acids is 1. The lowest BCUT2D eigenvalue weighted by Crippen LogP contribution is -2.28. The Morgan fingerprint density at radius 3 is 2.61 bits per heavy atom. The van der Waals surface area contributed by atoms with E-state index in [2.05, 4.69) is 21.4 Å². The summed E-state index contributed by atoms with van der Waals surface area (Å²) in [7, 11) is 0. The molecule has 23 heavy (non-hydrogen) atoms. The summed E-state index contributed by atoms with van der Waals surface area (Å²) >= 11 is 1.36. The van der Waals surface area contributed by atoms with Gasteiger partial charge in [0.25, 0.3) is 5.91 Å². The summed E-state index contributed by atoms with van der Waals surface area (Å²) < 4.78 is 0. The maximum Gasteiger partial charge on any atom is 0.277 e. The zero-order valence-corrected chi connectivity index (χ0v) is 12.8. The predicted molar refractivity (Wildman–Crippen MR) is 80.0 cm³/mol. The van der Waals surface area contributed by atoms with Crippen molar-refractivity contribution >= 4 is 28.2 Å². The smallest absolute Gasteiger partial charge is 0.277 e. The Morgan fingerprint density at radius 2 is 1.91 bits per heavy atom. The Kier molecular flexibility index (Phi) is 4.04. The minimum atomic E-state index is -1.57. The average molecular weight is 327 g/mol. The normalized spacial score (nSPS) is 13.0. The molecule has 2 aromatic rings. The topological polar surface area (TPSA) is 119 Å². The molecule has 0 aliphatic heterocycles. The van der Waals surface area contributed by atoms with Crippen LogP contribution in [0.1, 0.15) is 49.8 Å². The predicted octanol–water partition coefficient (Wildman–Crippen LogP) is 0.904. The van der Waals surface area contributed by atoms with E-state index in [1.807, 2.05) is 0 Å². The summed E-state index contributed by atoms with van der Waals surface area (Å²) in [6, 6.07) is 2.13. The molecule has 1 amide bonds. The van der Waals surface area contributed by atoms with Gasteiger partial charge in [0.2, 0.25) is 0 Å². The number of nitriles is 1. The van der Waals surface area contributed by atoms with Crippen molar-refractivity contribution in [3.8, 4) is 6.07 Å². The van der Waals surface area contributed by atoms with Gasteiger partial charge in [-0.2, -0.15) is 5.26 Å². The molecule has 0 bridgehead atoms. The van der Waals surface area contributed by atoms with Crippen LogP contribution in [-0.2, 0) is 12.8 Å². The highest BCUT2D eigenvalue weighted by molar-refractivity contribution is 7.16. The first-order valence-corrected chi connectivity index (χ1v) is 7.81. The lowest BCUT2D eigenvalue weighted by Gasteiger charge is -2.09. The molecule has 0 radical (unpaired) electrons. The van der Waals surface area contributed by atoms with Gasteiger partial charge in [0.1, 0.15) is 16.8 Å². The van der Waals surface area contributed by atoms with Gasteiger partial charge in [0.05, 0.1) is 11.5 Å². The van der Waals surface area contributed by atoms with Gasteiger partial charge in [-0.3, -0.25) is 9.78 Å². The van der Waals surface area contributed by atoms with Gasteiger partial charge < -0.3 is 15.2 Å². The summed E-state index contributed by atoms with van der Waals surface area (Å²) in [5.41, 5.74) is 0.586. The molecule has 0 saturated heterocycles. The summed E-state index contributed by atoms with van der Waals surface area (Å²) in [5.74, 6) is -2.29. The number of anilines is 1. The van der Waals surface area contributed by atoms with E-state index in [0.29, 0.717) is 10.6 Å². The molecular formula is C15H11N4O3S-. The first-order chi connectivity index (χ1) is 11.1. The maximum atomic E-state index is 12.3. The summed E-state index contributed by atoms with van der Waals surface area (Å²) in [4.78, 5) is 31.8. The molecule has 0 aromatic carbocycles. The number of aromatic nitrogens is 2. The number of nitrogens with one attached hydrogen (secondary N) is 1. The number of nitrogens with zero attached hydrogens (tertiary/aromatic N) is 3. The fourth-order valence-corrected chi connectivity index (χ4v) is 3.82. The molecule has 1 N–H and O–H groups in total. The number of carboxylic acid groups (broad SMARTS) is 1. The van der Waals surface area contributed by atoms with E-state index < -0.39 is 17.6 Å². The molecule has 7 nitrogen and oxygen atoms in total. The molecule has 116 valence electrons. The number of carboxylic acids is 1. The van der Waals surface area contributed by atoms with E-state index in [1.54, 1.807) is 0 Å². The monoisotopic (exact) mass is 327 g/mol. The number of carbonyl (C=O) groups is 2. The summed E-state index contributed by atoms with van der Waals surface area (Å²) in [6.45, 7) is 0. The number of rotatable bonds is 3. The van der Waals surface area contributed by atoms with Crippen molar-refractivity contribution in [1.29, 1.82) is 5.26 Å². The van der Waals surface area contributed by atoms with Gasteiger partial charge in [-0.05, 0) is 31.2 Å². The molecular weight excluding hydrogens is 316 g/mol. The molecule has 0 unspecified atom stereocenters. The van der Waals surface area contributed by atoms with Crippen molar-refractivity contribution in [3.63, 3.8) is 0 Å². The van der Waals surface area contributed by atoms with Gasteiger partial charge >= 0.3 is 0 Å². The molecule has 1 aliphatic carbocycles. The quantitative estimate of drug-likeness (QED) is 0.894. The second kappa shape index (κ2) is 6.14. The van der Waals surface area contributed by atoms with E-state index in [4.69, 9.17) is 0 Å². The highest BCUT2D eigenvalue weighted by Crippen LogP contribution is 2.37. The van der Waals surface area contributed by atoms with Gasteiger partial charge in [-0.15, -0.1) is 11.3 Å². The highest BCUT2D eigenvalue weighted by atomic mass is 32.1. The number of hydrogen-bond donors (Lipinski definition) is 1. The van der Waals surface area contributed by atoms with Gasteiger partial charge in [-0.25, -0.2) is 4.98 Å². The lowest BCUT2D eigenvalue weighted by atomic mass is 9.96. The van der Waals surface area contributed by atoms with Crippen molar-refractivity contribution in [2.45, 2.75) is 25.7 Å². The number of amides is 1. The first-order valence-electron chi connectivity index (χ1n) is 7.00. The van der Waals surface area contributed by atoms with Crippen LogP contribution in [0.25, 0.3) is 0 Å². The third-order valence-electron chi connectivity index (χ3n) is 3.62. The fourth-order valence-electron chi connectivity index (χ4n) is 2.59. The van der Waals surface area contributed by atoms with Gasteiger partial charge in [-0.1, -0.05) is 0 Å². The molecule has 8 heteroatoms. The number of thiophene rings is 1. The molecule has 3 rings (SSSR count). The zero-order chi connectivity index (χ0) is 16.4. The van der Waals surface area contributed by atoms with Crippen LogP contribution in [0.2, 0.25) is 0 Å². The molecule has 2 heterocycles. The Balaban J connectivity index is 1.94. The second-order valence-electron chi connectivity index (χ2n) is 5.02. The van der Waals surface area contributed by atoms with Crippen LogP contribution in [-0.4, -0.2) is 21.8 Å². The van der Waals surface area contributed by atoms with Crippen molar-refractivity contribution in [1.82, 2.24) is 9.97 Å². The standard InChI is InChI=1S/C15H12N4O3S/c16-7-9-8-3-1-2-4-10(8)23-14(9)19-13(20)11-12(15(21)22)18-6-5-17-11/h5-6H,1-4H2,(H,19,20)(H,21,22)/p-1. The zero-order valence-electron chi connectivity index (χ0n) is 12.0. The van der Waals surface area contributed by atoms with Gasteiger partial charge in [0, 0.05) is 17.3 Å². The average Bonchev–Trinajstić information content (AvgIpc) is 2.91. The Morgan fingerprint density at radius 1 is 1.22 bits per heavy atom. The summed E-state index contributed by atoms with van der Waals surface area (Å²) in [6.07, 6.45) is 6.19. The molecule has 2 aromatic heterocycles. The second-order valence-corrected chi connectivity index (χ2v) is 6.13. The largest absolute Gasteiger partial charge is 0.543 e. The minimum Gasteiger partial charge on any atom is -0.543 e. The van der Waals surface area contributed by atoms with Gasteiger partial charge in [0.15, 0.2) is 5.69 Å². The number of hydrogen-bond acceptors (Lipinski definition) is 7. The molecule has 0 saturated carbocycles.